The maximum atomic E-state index is 6.46. The van der Waals surface area contributed by atoms with Gasteiger partial charge in [0.1, 0.15) is 0 Å². The van der Waals surface area contributed by atoms with Gasteiger partial charge in [0, 0.05) is 22.0 Å². The molecule has 20 heavy (non-hydrogen) atoms. The lowest BCUT2D eigenvalue weighted by Gasteiger charge is -2.53. The van der Waals surface area contributed by atoms with Gasteiger partial charge in [0.15, 0.2) is 0 Å². The summed E-state index contributed by atoms with van der Waals surface area (Å²) in [5.74, 6) is 0.757. The van der Waals surface area contributed by atoms with E-state index in [1.54, 1.807) is 0 Å². The monoisotopic (exact) mass is 313 g/mol. The predicted octanol–water partition coefficient (Wildman–Crippen LogP) is 5.30. The molecule has 1 aromatic carbocycles. The third-order valence-electron chi connectivity index (χ3n) is 4.71. The van der Waals surface area contributed by atoms with Crippen LogP contribution in [0.1, 0.15) is 46.1 Å². The Labute approximate surface area is 133 Å². The molecule has 0 radical (unpaired) electrons. The standard InChI is InChI=1S/C17H25Cl2N/c1-5-20-11-17(9-12(10-17)16(2,3)4)14-7-6-13(18)8-15(14)19/h6-8,12,20H,5,9-11H2,1-4H3. The molecule has 0 atom stereocenters. The average molecular weight is 314 g/mol. The van der Waals surface area contributed by atoms with Crippen molar-refractivity contribution in [1.82, 2.24) is 5.32 Å². The predicted molar refractivity (Wildman–Crippen MR) is 88.9 cm³/mol. The van der Waals surface area contributed by atoms with E-state index in [9.17, 15) is 0 Å². The minimum atomic E-state index is 0.176. The minimum absolute atomic E-state index is 0.176. The Balaban J connectivity index is 2.26. The molecule has 0 amide bonds. The molecule has 1 fully saturated rings. The Morgan fingerprint density at radius 3 is 2.40 bits per heavy atom. The lowest BCUT2D eigenvalue weighted by atomic mass is 9.52. The smallest absolute Gasteiger partial charge is 0.0458 e. The summed E-state index contributed by atoms with van der Waals surface area (Å²) in [6.45, 7) is 11.1. The molecule has 0 aromatic heterocycles. The van der Waals surface area contributed by atoms with Crippen LogP contribution in [0, 0.1) is 11.3 Å². The molecule has 1 N–H and O–H groups in total. The number of hydrogen-bond donors (Lipinski definition) is 1. The summed E-state index contributed by atoms with van der Waals surface area (Å²) in [5, 5.41) is 5.03. The van der Waals surface area contributed by atoms with Crippen molar-refractivity contribution in [2.45, 2.75) is 46.0 Å². The minimum Gasteiger partial charge on any atom is -0.316 e. The SMILES string of the molecule is CCNCC1(c2ccc(Cl)cc2Cl)CC(C(C)(C)C)C1. The third kappa shape index (κ3) is 3.16. The van der Waals surface area contributed by atoms with E-state index in [4.69, 9.17) is 23.2 Å². The zero-order valence-electron chi connectivity index (χ0n) is 12.9. The Bertz CT molecular complexity index is 470. The summed E-state index contributed by atoms with van der Waals surface area (Å²) >= 11 is 12.5. The van der Waals surface area contributed by atoms with Crippen LogP contribution in [-0.4, -0.2) is 13.1 Å². The molecule has 0 saturated heterocycles. The lowest BCUT2D eigenvalue weighted by Crippen LogP contribution is -2.52. The maximum absolute atomic E-state index is 6.46. The van der Waals surface area contributed by atoms with E-state index in [1.165, 1.54) is 18.4 Å². The molecule has 1 saturated carbocycles. The van der Waals surface area contributed by atoms with Gasteiger partial charge in [-0.25, -0.2) is 0 Å². The fourth-order valence-corrected chi connectivity index (χ4v) is 3.85. The largest absolute Gasteiger partial charge is 0.316 e. The first-order valence-electron chi connectivity index (χ1n) is 7.45. The van der Waals surface area contributed by atoms with E-state index in [2.05, 4.69) is 39.1 Å². The first-order valence-corrected chi connectivity index (χ1v) is 8.20. The Morgan fingerprint density at radius 2 is 1.90 bits per heavy atom. The van der Waals surface area contributed by atoms with Crippen molar-refractivity contribution in [3.8, 4) is 0 Å². The average Bonchev–Trinajstić information content (AvgIpc) is 2.28. The fraction of sp³-hybridized carbons (Fsp3) is 0.647. The normalized spacial score (nSPS) is 26.4. The maximum Gasteiger partial charge on any atom is 0.0458 e. The molecule has 2 rings (SSSR count). The molecule has 0 aliphatic heterocycles. The summed E-state index contributed by atoms with van der Waals surface area (Å²) < 4.78 is 0. The first-order chi connectivity index (χ1) is 9.28. The number of likely N-dealkylation sites (N-methyl/N-ethyl adjacent to an activating group) is 1. The highest BCUT2D eigenvalue weighted by molar-refractivity contribution is 6.35. The molecule has 0 bridgehead atoms. The van der Waals surface area contributed by atoms with Crippen molar-refractivity contribution in [1.29, 1.82) is 0 Å². The van der Waals surface area contributed by atoms with Gasteiger partial charge in [0.2, 0.25) is 0 Å². The summed E-state index contributed by atoms with van der Waals surface area (Å²) in [6, 6.07) is 5.94. The molecule has 1 nitrogen and oxygen atoms in total. The van der Waals surface area contributed by atoms with Gasteiger partial charge >= 0.3 is 0 Å². The molecule has 0 spiro atoms. The van der Waals surface area contributed by atoms with Gasteiger partial charge < -0.3 is 5.32 Å². The first kappa shape index (κ1) is 16.1. The summed E-state index contributed by atoms with van der Waals surface area (Å²) in [7, 11) is 0. The zero-order chi connectivity index (χ0) is 15.0. The quantitative estimate of drug-likeness (QED) is 0.795. The number of halogens is 2. The van der Waals surface area contributed by atoms with Crippen LogP contribution in [0.2, 0.25) is 10.0 Å². The van der Waals surface area contributed by atoms with Crippen LogP contribution in [0.15, 0.2) is 18.2 Å². The van der Waals surface area contributed by atoms with Crippen LogP contribution < -0.4 is 5.32 Å². The van der Waals surface area contributed by atoms with Crippen LogP contribution in [0.4, 0.5) is 0 Å². The highest BCUT2D eigenvalue weighted by atomic mass is 35.5. The molecule has 1 aliphatic rings. The van der Waals surface area contributed by atoms with Gasteiger partial charge in [-0.2, -0.15) is 0 Å². The van der Waals surface area contributed by atoms with E-state index in [-0.39, 0.29) is 5.41 Å². The number of rotatable bonds is 4. The van der Waals surface area contributed by atoms with Crippen molar-refractivity contribution >= 4 is 23.2 Å². The van der Waals surface area contributed by atoms with Crippen LogP contribution in [0.25, 0.3) is 0 Å². The van der Waals surface area contributed by atoms with Gasteiger partial charge in [0.05, 0.1) is 0 Å². The fourth-order valence-electron chi connectivity index (χ4n) is 3.24. The second kappa shape index (κ2) is 5.87. The topological polar surface area (TPSA) is 12.0 Å². The second-order valence-electron chi connectivity index (χ2n) is 7.16. The van der Waals surface area contributed by atoms with Gasteiger partial charge in [-0.15, -0.1) is 0 Å². The molecular formula is C17H25Cl2N. The van der Waals surface area contributed by atoms with Gasteiger partial charge in [0.25, 0.3) is 0 Å². The van der Waals surface area contributed by atoms with Crippen LogP contribution >= 0.6 is 23.2 Å². The Hall–Kier alpha value is -0.240. The summed E-state index contributed by atoms with van der Waals surface area (Å²) in [6.07, 6.45) is 2.40. The molecular weight excluding hydrogens is 289 g/mol. The Morgan fingerprint density at radius 1 is 1.25 bits per heavy atom. The molecule has 1 aromatic rings. The third-order valence-corrected chi connectivity index (χ3v) is 5.26. The lowest BCUT2D eigenvalue weighted by molar-refractivity contribution is 0.0452. The molecule has 112 valence electrons. The number of hydrogen-bond acceptors (Lipinski definition) is 1. The highest BCUT2D eigenvalue weighted by Gasteiger charge is 2.49. The highest BCUT2D eigenvalue weighted by Crippen LogP contribution is 2.55. The van der Waals surface area contributed by atoms with E-state index < -0.39 is 0 Å². The number of benzene rings is 1. The van der Waals surface area contributed by atoms with Gasteiger partial charge in [-0.1, -0.05) is 57.0 Å². The van der Waals surface area contributed by atoms with Gasteiger partial charge in [-0.05, 0) is 48.4 Å². The van der Waals surface area contributed by atoms with Crippen molar-refractivity contribution in [3.63, 3.8) is 0 Å². The van der Waals surface area contributed by atoms with E-state index >= 15 is 0 Å². The number of nitrogens with one attached hydrogen (secondary N) is 1. The van der Waals surface area contributed by atoms with E-state index in [0.717, 1.165) is 24.0 Å². The van der Waals surface area contributed by atoms with Crippen molar-refractivity contribution in [3.05, 3.63) is 33.8 Å². The van der Waals surface area contributed by atoms with E-state index in [1.807, 2.05) is 12.1 Å². The van der Waals surface area contributed by atoms with Crippen molar-refractivity contribution in [2.24, 2.45) is 11.3 Å². The van der Waals surface area contributed by atoms with Crippen molar-refractivity contribution in [2.75, 3.05) is 13.1 Å². The molecule has 1 aliphatic carbocycles. The Kier molecular flexibility index (Phi) is 4.73. The molecule has 3 heteroatoms. The van der Waals surface area contributed by atoms with Crippen LogP contribution in [0.5, 0.6) is 0 Å². The zero-order valence-corrected chi connectivity index (χ0v) is 14.4. The molecule has 0 heterocycles. The van der Waals surface area contributed by atoms with Gasteiger partial charge in [-0.3, -0.25) is 0 Å². The summed E-state index contributed by atoms with van der Waals surface area (Å²) in [5.41, 5.74) is 1.80. The van der Waals surface area contributed by atoms with Crippen molar-refractivity contribution < 1.29 is 0 Å². The van der Waals surface area contributed by atoms with Crippen LogP contribution in [0.3, 0.4) is 0 Å². The molecule has 0 unspecified atom stereocenters. The van der Waals surface area contributed by atoms with Crippen LogP contribution in [-0.2, 0) is 5.41 Å². The second-order valence-corrected chi connectivity index (χ2v) is 8.00. The van der Waals surface area contributed by atoms with E-state index in [0.29, 0.717) is 10.4 Å². The summed E-state index contributed by atoms with van der Waals surface area (Å²) in [4.78, 5) is 0.